The van der Waals surface area contributed by atoms with Crippen LogP contribution in [-0.4, -0.2) is 40.6 Å². The van der Waals surface area contributed by atoms with Crippen LogP contribution in [-0.2, 0) is 17.8 Å². The third kappa shape index (κ3) is 4.59. The maximum atomic E-state index is 13.4. The van der Waals surface area contributed by atoms with Gasteiger partial charge in [0.1, 0.15) is 5.82 Å². The summed E-state index contributed by atoms with van der Waals surface area (Å²) in [7, 11) is 1.56. The molecule has 27 heavy (non-hydrogen) atoms. The fourth-order valence-electron chi connectivity index (χ4n) is 2.65. The van der Waals surface area contributed by atoms with Crippen LogP contribution in [0, 0.1) is 11.6 Å². The predicted octanol–water partition coefficient (Wildman–Crippen LogP) is 3.09. The number of amides is 1. The van der Waals surface area contributed by atoms with Crippen molar-refractivity contribution >= 4 is 5.91 Å². The first-order valence-corrected chi connectivity index (χ1v) is 8.34. The SMILES string of the molecule is COCCN(Cc1nccn1Cc1ccc(F)c(F)c1)C(=O)c1ccco1. The lowest BCUT2D eigenvalue weighted by molar-refractivity contribution is 0.0642. The summed E-state index contributed by atoms with van der Waals surface area (Å²) in [5, 5.41) is 0. The number of imidazole rings is 1. The van der Waals surface area contributed by atoms with Crippen molar-refractivity contribution in [1.29, 1.82) is 0 Å². The molecule has 0 spiro atoms. The molecule has 3 rings (SSSR count). The van der Waals surface area contributed by atoms with Gasteiger partial charge in [-0.05, 0) is 29.8 Å². The predicted molar refractivity (Wildman–Crippen MR) is 93.0 cm³/mol. The largest absolute Gasteiger partial charge is 0.459 e. The van der Waals surface area contributed by atoms with E-state index in [1.807, 2.05) is 0 Å². The molecule has 0 saturated carbocycles. The van der Waals surface area contributed by atoms with E-state index in [0.717, 1.165) is 12.1 Å². The molecule has 3 aromatic rings. The molecule has 6 nitrogen and oxygen atoms in total. The number of hydrogen-bond donors (Lipinski definition) is 0. The molecule has 1 amide bonds. The van der Waals surface area contributed by atoms with Crippen LogP contribution in [0.3, 0.4) is 0 Å². The minimum atomic E-state index is -0.899. The fraction of sp³-hybridized carbons (Fsp3) is 0.263. The third-order valence-electron chi connectivity index (χ3n) is 4.06. The van der Waals surface area contributed by atoms with E-state index in [4.69, 9.17) is 9.15 Å². The highest BCUT2D eigenvalue weighted by Crippen LogP contribution is 2.14. The van der Waals surface area contributed by atoms with Gasteiger partial charge < -0.3 is 18.6 Å². The van der Waals surface area contributed by atoms with E-state index in [1.54, 1.807) is 41.1 Å². The van der Waals surface area contributed by atoms with Gasteiger partial charge in [0.2, 0.25) is 0 Å². The molecular weight excluding hydrogens is 356 g/mol. The average molecular weight is 375 g/mol. The highest BCUT2D eigenvalue weighted by molar-refractivity contribution is 5.91. The number of halogens is 2. The number of benzene rings is 1. The van der Waals surface area contributed by atoms with Gasteiger partial charge in [0.15, 0.2) is 17.4 Å². The van der Waals surface area contributed by atoms with Gasteiger partial charge in [-0.3, -0.25) is 4.79 Å². The molecule has 0 unspecified atom stereocenters. The average Bonchev–Trinajstić information content (AvgIpc) is 3.33. The topological polar surface area (TPSA) is 60.5 Å². The number of hydrogen-bond acceptors (Lipinski definition) is 4. The Morgan fingerprint density at radius 1 is 1.30 bits per heavy atom. The maximum absolute atomic E-state index is 13.4. The van der Waals surface area contributed by atoms with E-state index in [0.29, 0.717) is 31.1 Å². The lowest BCUT2D eigenvalue weighted by Crippen LogP contribution is -2.34. The molecule has 0 atom stereocenters. The summed E-state index contributed by atoms with van der Waals surface area (Å²) in [6.45, 7) is 1.24. The lowest BCUT2D eigenvalue weighted by atomic mass is 10.2. The van der Waals surface area contributed by atoms with Gasteiger partial charge >= 0.3 is 0 Å². The molecular formula is C19H19F2N3O3. The molecule has 1 aromatic carbocycles. The second-order valence-corrected chi connectivity index (χ2v) is 5.92. The van der Waals surface area contributed by atoms with Crippen LogP contribution in [0.4, 0.5) is 8.78 Å². The number of carbonyl (C=O) groups is 1. The zero-order valence-electron chi connectivity index (χ0n) is 14.8. The normalized spacial score (nSPS) is 10.9. The minimum Gasteiger partial charge on any atom is -0.459 e. The Kier molecular flexibility index (Phi) is 5.97. The van der Waals surface area contributed by atoms with Crippen LogP contribution in [0.5, 0.6) is 0 Å². The molecule has 0 aliphatic carbocycles. The Morgan fingerprint density at radius 2 is 2.15 bits per heavy atom. The van der Waals surface area contributed by atoms with Gasteiger partial charge in [-0.15, -0.1) is 0 Å². The third-order valence-corrected chi connectivity index (χ3v) is 4.06. The number of nitrogens with zero attached hydrogens (tertiary/aromatic N) is 3. The first-order valence-electron chi connectivity index (χ1n) is 8.34. The zero-order valence-corrected chi connectivity index (χ0v) is 14.8. The molecule has 0 aliphatic rings. The second kappa shape index (κ2) is 8.59. The van der Waals surface area contributed by atoms with Crippen molar-refractivity contribution in [2.75, 3.05) is 20.3 Å². The Labute approximate surface area is 155 Å². The molecule has 0 aliphatic heterocycles. The smallest absolute Gasteiger partial charge is 0.290 e. The molecule has 142 valence electrons. The fourth-order valence-corrected chi connectivity index (χ4v) is 2.65. The van der Waals surface area contributed by atoms with Crippen molar-refractivity contribution < 1.29 is 22.7 Å². The molecule has 2 heterocycles. The Bertz CT molecular complexity index is 894. The van der Waals surface area contributed by atoms with E-state index < -0.39 is 11.6 Å². The van der Waals surface area contributed by atoms with Gasteiger partial charge in [0.25, 0.3) is 5.91 Å². The summed E-state index contributed by atoms with van der Waals surface area (Å²) in [6, 6.07) is 6.99. The number of furan rings is 1. The molecule has 0 fully saturated rings. The number of rotatable bonds is 8. The minimum absolute atomic E-state index is 0.222. The summed E-state index contributed by atoms with van der Waals surface area (Å²) in [6.07, 6.45) is 4.76. The number of carbonyl (C=O) groups excluding carboxylic acids is 1. The van der Waals surface area contributed by atoms with E-state index in [2.05, 4.69) is 4.98 Å². The van der Waals surface area contributed by atoms with Crippen LogP contribution in [0.25, 0.3) is 0 Å². The van der Waals surface area contributed by atoms with Crippen LogP contribution in [0.15, 0.2) is 53.4 Å². The lowest BCUT2D eigenvalue weighted by Gasteiger charge is -2.21. The van der Waals surface area contributed by atoms with Gasteiger partial charge in [-0.2, -0.15) is 0 Å². The molecule has 0 bridgehead atoms. The first-order chi connectivity index (χ1) is 13.1. The summed E-state index contributed by atoms with van der Waals surface area (Å²) in [4.78, 5) is 18.5. The quantitative estimate of drug-likeness (QED) is 0.607. The molecule has 0 N–H and O–H groups in total. The van der Waals surface area contributed by atoms with Gasteiger partial charge in [-0.1, -0.05) is 6.07 Å². The van der Waals surface area contributed by atoms with Crippen LogP contribution in [0.2, 0.25) is 0 Å². The Hall–Kier alpha value is -3.00. The highest BCUT2D eigenvalue weighted by Gasteiger charge is 2.20. The molecule has 8 heteroatoms. The standard InChI is InChI=1S/C19H19F2N3O3/c1-26-10-8-24(19(25)17-3-2-9-27-17)13-18-22-6-7-23(18)12-14-4-5-15(20)16(21)11-14/h2-7,9,11H,8,10,12-13H2,1H3. The van der Waals surface area contributed by atoms with Crippen molar-refractivity contribution in [2.24, 2.45) is 0 Å². The Balaban J connectivity index is 1.77. The molecule has 2 aromatic heterocycles. The second-order valence-electron chi connectivity index (χ2n) is 5.92. The first kappa shape index (κ1) is 18.8. The summed E-state index contributed by atoms with van der Waals surface area (Å²) < 4.78 is 38.6. The van der Waals surface area contributed by atoms with Gasteiger partial charge in [-0.25, -0.2) is 13.8 Å². The zero-order chi connectivity index (χ0) is 19.2. The monoisotopic (exact) mass is 375 g/mol. The van der Waals surface area contributed by atoms with Crippen molar-refractivity contribution in [1.82, 2.24) is 14.5 Å². The van der Waals surface area contributed by atoms with Gasteiger partial charge in [0, 0.05) is 32.6 Å². The van der Waals surface area contributed by atoms with Crippen LogP contribution in [0.1, 0.15) is 21.9 Å². The van der Waals surface area contributed by atoms with E-state index in [9.17, 15) is 13.6 Å². The summed E-state index contributed by atoms with van der Waals surface area (Å²) in [5.41, 5.74) is 0.592. The van der Waals surface area contributed by atoms with Gasteiger partial charge in [0.05, 0.1) is 19.4 Å². The van der Waals surface area contributed by atoms with Crippen molar-refractivity contribution in [3.8, 4) is 0 Å². The Morgan fingerprint density at radius 3 is 2.85 bits per heavy atom. The van der Waals surface area contributed by atoms with E-state index in [1.165, 1.54) is 12.3 Å². The van der Waals surface area contributed by atoms with Crippen LogP contribution >= 0.6 is 0 Å². The molecule has 0 radical (unpaired) electrons. The maximum Gasteiger partial charge on any atom is 0.290 e. The van der Waals surface area contributed by atoms with Crippen molar-refractivity contribution in [2.45, 2.75) is 13.1 Å². The van der Waals surface area contributed by atoms with Crippen molar-refractivity contribution in [3.05, 3.63) is 77.8 Å². The van der Waals surface area contributed by atoms with E-state index >= 15 is 0 Å². The number of aromatic nitrogens is 2. The molecule has 0 saturated heterocycles. The van der Waals surface area contributed by atoms with E-state index in [-0.39, 0.29) is 18.2 Å². The summed E-state index contributed by atoms with van der Waals surface area (Å²) in [5.74, 6) is -1.23. The number of ether oxygens (including phenoxy) is 1. The summed E-state index contributed by atoms with van der Waals surface area (Å²) >= 11 is 0. The number of methoxy groups -OCH3 is 1. The van der Waals surface area contributed by atoms with Crippen LogP contribution < -0.4 is 0 Å². The van der Waals surface area contributed by atoms with Crippen molar-refractivity contribution in [3.63, 3.8) is 0 Å². The highest BCUT2D eigenvalue weighted by atomic mass is 19.2.